The molecule has 0 amide bonds. The van der Waals surface area contributed by atoms with Crippen molar-refractivity contribution in [2.75, 3.05) is 0 Å². The molecular formula is C21H22Cl2O4. The lowest BCUT2D eigenvalue weighted by Crippen LogP contribution is -2.20. The van der Waals surface area contributed by atoms with Crippen LogP contribution in [-0.2, 0) is 5.41 Å². The average molecular weight is 409 g/mol. The third-order valence-electron chi connectivity index (χ3n) is 4.73. The zero-order chi connectivity index (χ0) is 20.5. The van der Waals surface area contributed by atoms with Gasteiger partial charge in [-0.3, -0.25) is 0 Å². The number of ether oxygens (including phenoxy) is 2. The van der Waals surface area contributed by atoms with Crippen molar-refractivity contribution in [3.63, 3.8) is 0 Å². The summed E-state index contributed by atoms with van der Waals surface area (Å²) in [4.78, 5) is 22.2. The largest absolute Gasteiger partial charge is 0.414 e. The first kappa shape index (κ1) is 21.3. The highest BCUT2D eigenvalue weighted by molar-refractivity contribution is 6.61. The Morgan fingerprint density at radius 3 is 1.19 bits per heavy atom. The number of rotatable bonds is 4. The lowest BCUT2D eigenvalue weighted by molar-refractivity contribution is 0.224. The molecule has 0 atom stereocenters. The summed E-state index contributed by atoms with van der Waals surface area (Å²) in [5.41, 5.74) is 3.38. The van der Waals surface area contributed by atoms with E-state index in [9.17, 15) is 9.59 Å². The SMILES string of the molecule is Cc1cc(C(C)(C)c2cc(C)c(OC(=O)Cl)c(C)c2)cc(C)c1OC(=O)Cl. The average Bonchev–Trinajstić information content (AvgIpc) is 2.53. The van der Waals surface area contributed by atoms with Crippen LogP contribution in [0.5, 0.6) is 11.5 Å². The number of benzene rings is 2. The number of halogens is 2. The second kappa shape index (κ2) is 7.91. The predicted octanol–water partition coefficient (Wildman–Crippen LogP) is 6.72. The number of carbonyl (C=O) groups excluding carboxylic acids is 2. The molecule has 2 aromatic carbocycles. The molecule has 0 saturated carbocycles. The van der Waals surface area contributed by atoms with Crippen molar-refractivity contribution in [1.29, 1.82) is 0 Å². The number of carbonyl (C=O) groups is 2. The third kappa shape index (κ3) is 4.63. The molecule has 27 heavy (non-hydrogen) atoms. The molecular weight excluding hydrogens is 387 g/mol. The van der Waals surface area contributed by atoms with E-state index in [-0.39, 0.29) is 5.41 Å². The summed E-state index contributed by atoms with van der Waals surface area (Å²) in [5.74, 6) is 0.956. The van der Waals surface area contributed by atoms with Crippen molar-refractivity contribution >= 4 is 34.1 Å². The molecule has 0 aromatic heterocycles. The second-order valence-corrected chi connectivity index (χ2v) is 7.80. The molecule has 0 unspecified atom stereocenters. The van der Waals surface area contributed by atoms with Crippen molar-refractivity contribution in [3.8, 4) is 11.5 Å². The molecule has 0 bridgehead atoms. The topological polar surface area (TPSA) is 52.6 Å². The maximum Gasteiger partial charge on any atom is 0.409 e. The van der Waals surface area contributed by atoms with Crippen LogP contribution in [0.4, 0.5) is 9.59 Å². The Kier molecular flexibility index (Phi) is 6.23. The van der Waals surface area contributed by atoms with Gasteiger partial charge >= 0.3 is 10.9 Å². The van der Waals surface area contributed by atoms with E-state index < -0.39 is 10.9 Å². The van der Waals surface area contributed by atoms with Gasteiger partial charge < -0.3 is 9.47 Å². The van der Waals surface area contributed by atoms with Crippen LogP contribution < -0.4 is 9.47 Å². The maximum absolute atomic E-state index is 11.1. The molecule has 2 rings (SSSR count). The minimum absolute atomic E-state index is 0.335. The van der Waals surface area contributed by atoms with Crippen LogP contribution in [0.3, 0.4) is 0 Å². The fourth-order valence-corrected chi connectivity index (χ4v) is 3.43. The minimum atomic E-state index is -0.858. The monoisotopic (exact) mass is 408 g/mol. The van der Waals surface area contributed by atoms with Crippen LogP contribution >= 0.6 is 23.2 Å². The summed E-state index contributed by atoms with van der Waals surface area (Å²) in [5, 5.41) is 0. The highest BCUT2D eigenvalue weighted by Gasteiger charge is 2.26. The Morgan fingerprint density at radius 1 is 0.704 bits per heavy atom. The first-order valence-electron chi connectivity index (χ1n) is 8.41. The molecule has 0 radical (unpaired) electrons. The van der Waals surface area contributed by atoms with Crippen LogP contribution in [-0.4, -0.2) is 10.9 Å². The van der Waals surface area contributed by atoms with Gasteiger partial charge in [0.15, 0.2) is 0 Å². The Labute approximate surface area is 169 Å². The fourth-order valence-electron chi connectivity index (χ4n) is 3.27. The van der Waals surface area contributed by atoms with Gasteiger partial charge in [-0.2, -0.15) is 0 Å². The lowest BCUT2D eigenvalue weighted by Gasteiger charge is -2.29. The number of aryl methyl sites for hydroxylation is 4. The first-order valence-corrected chi connectivity index (χ1v) is 9.17. The van der Waals surface area contributed by atoms with Gasteiger partial charge in [0, 0.05) is 28.6 Å². The zero-order valence-electron chi connectivity index (χ0n) is 16.2. The second-order valence-electron chi connectivity index (χ2n) is 7.18. The van der Waals surface area contributed by atoms with Gasteiger partial charge in [0.25, 0.3) is 0 Å². The predicted molar refractivity (Wildman–Crippen MR) is 108 cm³/mol. The highest BCUT2D eigenvalue weighted by atomic mass is 35.5. The standard InChI is InChI=1S/C21H22Cl2O4/c1-11-7-15(8-12(2)17(11)26-19(22)24)21(5,6)16-9-13(3)18(14(4)10-16)27-20(23)25/h7-10H,1-6H3. The van der Waals surface area contributed by atoms with E-state index >= 15 is 0 Å². The van der Waals surface area contributed by atoms with E-state index in [1.807, 2.05) is 52.0 Å². The zero-order valence-corrected chi connectivity index (χ0v) is 17.7. The Hall–Kier alpha value is -2.04. The minimum Gasteiger partial charge on any atom is -0.414 e. The molecule has 2 aromatic rings. The van der Waals surface area contributed by atoms with Crippen molar-refractivity contribution in [3.05, 3.63) is 57.6 Å². The number of hydrogen-bond acceptors (Lipinski definition) is 4. The van der Waals surface area contributed by atoms with E-state index in [0.717, 1.165) is 33.4 Å². The summed E-state index contributed by atoms with van der Waals surface area (Å²) >= 11 is 10.7. The molecule has 0 aliphatic carbocycles. The summed E-state index contributed by atoms with van der Waals surface area (Å²) in [6.07, 6.45) is 0. The number of hydrogen-bond donors (Lipinski definition) is 0. The quantitative estimate of drug-likeness (QED) is 0.526. The molecule has 0 N–H and O–H groups in total. The first-order chi connectivity index (χ1) is 12.4. The smallest absolute Gasteiger partial charge is 0.409 e. The van der Waals surface area contributed by atoms with Crippen molar-refractivity contribution in [2.24, 2.45) is 0 Å². The van der Waals surface area contributed by atoms with E-state index in [0.29, 0.717) is 11.5 Å². The van der Waals surface area contributed by atoms with Crippen molar-refractivity contribution < 1.29 is 19.1 Å². The van der Waals surface area contributed by atoms with Crippen molar-refractivity contribution in [2.45, 2.75) is 47.0 Å². The van der Waals surface area contributed by atoms with Crippen LogP contribution in [0.15, 0.2) is 24.3 Å². The fraction of sp³-hybridized carbons (Fsp3) is 0.333. The molecule has 6 heteroatoms. The van der Waals surface area contributed by atoms with E-state index in [1.165, 1.54) is 0 Å². The molecule has 0 spiro atoms. The van der Waals surface area contributed by atoms with Gasteiger partial charge in [-0.1, -0.05) is 38.1 Å². The Morgan fingerprint density at radius 2 is 0.963 bits per heavy atom. The van der Waals surface area contributed by atoms with Gasteiger partial charge in [0.1, 0.15) is 11.5 Å². The van der Waals surface area contributed by atoms with Crippen LogP contribution in [0, 0.1) is 27.7 Å². The summed E-state index contributed by atoms with van der Waals surface area (Å²) in [6, 6.07) is 7.94. The molecule has 0 aliphatic heterocycles. The molecule has 144 valence electrons. The lowest BCUT2D eigenvalue weighted by atomic mass is 9.76. The molecule has 0 heterocycles. The van der Waals surface area contributed by atoms with E-state index in [1.54, 1.807) is 0 Å². The van der Waals surface area contributed by atoms with Crippen LogP contribution in [0.2, 0.25) is 0 Å². The van der Waals surface area contributed by atoms with Crippen LogP contribution in [0.25, 0.3) is 0 Å². The van der Waals surface area contributed by atoms with Gasteiger partial charge in [0.05, 0.1) is 0 Å². The van der Waals surface area contributed by atoms with Gasteiger partial charge in [0.2, 0.25) is 0 Å². The molecule has 4 nitrogen and oxygen atoms in total. The third-order valence-corrected chi connectivity index (χ3v) is 4.88. The molecule has 0 fully saturated rings. The Bertz CT molecular complexity index is 797. The summed E-state index contributed by atoms with van der Waals surface area (Å²) < 4.78 is 10.2. The Balaban J connectivity index is 2.53. The normalized spacial score (nSPS) is 11.3. The molecule has 0 saturated heterocycles. The highest BCUT2D eigenvalue weighted by Crippen LogP contribution is 2.38. The molecule has 0 aliphatic rings. The summed E-state index contributed by atoms with van der Waals surface area (Å²) in [6.45, 7) is 11.7. The van der Waals surface area contributed by atoms with Gasteiger partial charge in [-0.05, 0) is 61.1 Å². The maximum atomic E-state index is 11.1. The van der Waals surface area contributed by atoms with Crippen LogP contribution in [0.1, 0.15) is 47.2 Å². The van der Waals surface area contributed by atoms with Gasteiger partial charge in [-0.15, -0.1) is 0 Å². The van der Waals surface area contributed by atoms with Gasteiger partial charge in [-0.25, -0.2) is 9.59 Å². The van der Waals surface area contributed by atoms with E-state index in [2.05, 4.69) is 13.8 Å². The van der Waals surface area contributed by atoms with E-state index in [4.69, 9.17) is 32.7 Å². The van der Waals surface area contributed by atoms with Crippen molar-refractivity contribution in [1.82, 2.24) is 0 Å². The summed E-state index contributed by atoms with van der Waals surface area (Å²) in [7, 11) is 0.